The van der Waals surface area contributed by atoms with Crippen LogP contribution in [0.25, 0.3) is 0 Å². The molecule has 21 heavy (non-hydrogen) atoms. The number of aromatic nitrogens is 1. The van der Waals surface area contributed by atoms with Crippen LogP contribution in [-0.2, 0) is 6.42 Å². The van der Waals surface area contributed by atoms with Gasteiger partial charge < -0.3 is 15.7 Å². The number of thiazole rings is 1. The largest absolute Gasteiger partial charge is 0.478 e. The lowest BCUT2D eigenvalue weighted by atomic mass is 10.2. The van der Waals surface area contributed by atoms with Crippen molar-refractivity contribution >= 4 is 40.6 Å². The van der Waals surface area contributed by atoms with Crippen LogP contribution in [0.4, 0.5) is 10.5 Å². The second-order valence-corrected chi connectivity index (χ2v) is 5.24. The summed E-state index contributed by atoms with van der Waals surface area (Å²) in [4.78, 5) is 26.7. The zero-order valence-corrected chi connectivity index (χ0v) is 12.4. The van der Waals surface area contributed by atoms with Crippen LogP contribution in [0.15, 0.2) is 29.1 Å². The average molecular weight is 326 g/mol. The number of urea groups is 1. The number of carboxylic acids is 1. The Labute approximate surface area is 129 Å². The molecule has 0 aliphatic rings. The lowest BCUT2D eigenvalue weighted by Gasteiger charge is -2.08. The Morgan fingerprint density at radius 2 is 2.19 bits per heavy atom. The van der Waals surface area contributed by atoms with E-state index in [-0.39, 0.29) is 10.6 Å². The third-order valence-corrected chi connectivity index (χ3v) is 3.57. The van der Waals surface area contributed by atoms with E-state index in [2.05, 4.69) is 15.6 Å². The number of benzene rings is 1. The second kappa shape index (κ2) is 7.05. The van der Waals surface area contributed by atoms with E-state index in [9.17, 15) is 9.59 Å². The van der Waals surface area contributed by atoms with Crippen LogP contribution in [-0.4, -0.2) is 28.6 Å². The zero-order chi connectivity index (χ0) is 15.2. The van der Waals surface area contributed by atoms with Gasteiger partial charge in [-0.2, -0.15) is 0 Å². The lowest BCUT2D eigenvalue weighted by Crippen LogP contribution is -2.30. The molecule has 0 spiro atoms. The van der Waals surface area contributed by atoms with E-state index in [0.717, 1.165) is 5.69 Å². The second-order valence-electron chi connectivity index (χ2n) is 4.11. The highest BCUT2D eigenvalue weighted by Gasteiger charge is 2.10. The Balaban J connectivity index is 1.87. The standard InChI is InChI=1S/C13H12ClN3O3S/c14-11-2-1-8(5-10(11)12(18)19)17-13(20)15-4-3-9-6-21-7-16-9/h1-2,5-7H,3-4H2,(H,18,19)(H2,15,17,20). The normalized spacial score (nSPS) is 10.1. The highest BCUT2D eigenvalue weighted by molar-refractivity contribution is 7.07. The molecule has 2 rings (SSSR count). The minimum atomic E-state index is -1.15. The third kappa shape index (κ3) is 4.44. The van der Waals surface area contributed by atoms with E-state index in [1.807, 2.05) is 5.38 Å². The minimum Gasteiger partial charge on any atom is -0.478 e. The van der Waals surface area contributed by atoms with E-state index >= 15 is 0 Å². The number of nitrogens with one attached hydrogen (secondary N) is 2. The van der Waals surface area contributed by atoms with Gasteiger partial charge >= 0.3 is 12.0 Å². The van der Waals surface area contributed by atoms with Crippen molar-refractivity contribution in [2.75, 3.05) is 11.9 Å². The number of halogens is 1. The van der Waals surface area contributed by atoms with Gasteiger partial charge in [0.05, 0.1) is 21.8 Å². The van der Waals surface area contributed by atoms with Crippen LogP contribution >= 0.6 is 22.9 Å². The Morgan fingerprint density at radius 3 is 2.86 bits per heavy atom. The van der Waals surface area contributed by atoms with Gasteiger partial charge in [0, 0.05) is 24.0 Å². The van der Waals surface area contributed by atoms with Gasteiger partial charge in [0.2, 0.25) is 0 Å². The van der Waals surface area contributed by atoms with Gasteiger partial charge in [0.25, 0.3) is 0 Å². The topological polar surface area (TPSA) is 91.3 Å². The summed E-state index contributed by atoms with van der Waals surface area (Å²) in [6.07, 6.45) is 0.637. The van der Waals surface area contributed by atoms with E-state index in [4.69, 9.17) is 16.7 Å². The molecule has 0 aliphatic heterocycles. The van der Waals surface area contributed by atoms with E-state index in [1.54, 1.807) is 5.51 Å². The summed E-state index contributed by atoms with van der Waals surface area (Å²) in [5.74, 6) is -1.15. The molecule has 110 valence electrons. The number of amides is 2. The summed E-state index contributed by atoms with van der Waals surface area (Å²) >= 11 is 7.25. The summed E-state index contributed by atoms with van der Waals surface area (Å²) in [5, 5.41) is 16.2. The number of anilines is 1. The summed E-state index contributed by atoms with van der Waals surface area (Å²) in [7, 11) is 0. The fourth-order valence-corrected chi connectivity index (χ4v) is 2.40. The van der Waals surface area contributed by atoms with Gasteiger partial charge in [-0.3, -0.25) is 0 Å². The Bertz CT molecular complexity index is 646. The van der Waals surface area contributed by atoms with Crippen molar-refractivity contribution in [1.29, 1.82) is 0 Å². The van der Waals surface area contributed by atoms with Crippen LogP contribution in [0.5, 0.6) is 0 Å². The molecule has 1 aromatic carbocycles. The maximum absolute atomic E-state index is 11.7. The molecule has 1 aromatic heterocycles. The average Bonchev–Trinajstić information content (AvgIpc) is 2.94. The van der Waals surface area contributed by atoms with Crippen molar-refractivity contribution in [1.82, 2.24) is 10.3 Å². The molecule has 0 unspecified atom stereocenters. The van der Waals surface area contributed by atoms with Gasteiger partial charge in [-0.25, -0.2) is 14.6 Å². The predicted molar refractivity (Wildman–Crippen MR) is 81.3 cm³/mol. The summed E-state index contributed by atoms with van der Waals surface area (Å²) in [6, 6.07) is 3.86. The fourth-order valence-electron chi connectivity index (χ4n) is 1.61. The van der Waals surface area contributed by atoms with Crippen LogP contribution in [0, 0.1) is 0 Å². The molecule has 1 heterocycles. The SMILES string of the molecule is O=C(NCCc1cscn1)Nc1ccc(Cl)c(C(=O)O)c1. The molecule has 8 heteroatoms. The van der Waals surface area contributed by atoms with Crippen LogP contribution in [0.3, 0.4) is 0 Å². The molecule has 0 aliphatic carbocycles. The fraction of sp³-hybridized carbons (Fsp3) is 0.154. The van der Waals surface area contributed by atoms with Gasteiger partial charge in [-0.15, -0.1) is 11.3 Å². The van der Waals surface area contributed by atoms with Gasteiger partial charge in [-0.05, 0) is 18.2 Å². The van der Waals surface area contributed by atoms with E-state index < -0.39 is 12.0 Å². The molecule has 6 nitrogen and oxygen atoms in total. The summed E-state index contributed by atoms with van der Waals surface area (Å²) in [6.45, 7) is 0.439. The number of hydrogen-bond acceptors (Lipinski definition) is 4. The molecule has 0 bridgehead atoms. The lowest BCUT2D eigenvalue weighted by molar-refractivity contribution is 0.0697. The number of carbonyl (C=O) groups excluding carboxylic acids is 1. The first-order valence-corrected chi connectivity index (χ1v) is 7.33. The smallest absolute Gasteiger partial charge is 0.337 e. The van der Waals surface area contributed by atoms with Crippen molar-refractivity contribution in [3.63, 3.8) is 0 Å². The molecular formula is C13H12ClN3O3S. The van der Waals surface area contributed by atoms with Crippen molar-refractivity contribution in [2.24, 2.45) is 0 Å². The first-order valence-electron chi connectivity index (χ1n) is 6.01. The monoisotopic (exact) mass is 325 g/mol. The van der Waals surface area contributed by atoms with Crippen molar-refractivity contribution in [3.05, 3.63) is 45.4 Å². The molecule has 0 radical (unpaired) electrons. The van der Waals surface area contributed by atoms with Gasteiger partial charge in [0.1, 0.15) is 0 Å². The van der Waals surface area contributed by atoms with E-state index in [0.29, 0.717) is 18.7 Å². The first kappa shape index (κ1) is 15.3. The first-order chi connectivity index (χ1) is 10.1. The molecule has 2 amide bonds. The van der Waals surface area contributed by atoms with Gasteiger partial charge in [-0.1, -0.05) is 11.6 Å². The number of rotatable bonds is 5. The van der Waals surface area contributed by atoms with Crippen LogP contribution in [0.2, 0.25) is 5.02 Å². The zero-order valence-electron chi connectivity index (χ0n) is 10.8. The Kier molecular flexibility index (Phi) is 5.13. The van der Waals surface area contributed by atoms with Gasteiger partial charge in [0.15, 0.2) is 0 Å². The van der Waals surface area contributed by atoms with Crippen LogP contribution in [0.1, 0.15) is 16.1 Å². The predicted octanol–water partition coefficient (Wildman–Crippen LogP) is 2.86. The van der Waals surface area contributed by atoms with Crippen molar-refractivity contribution in [2.45, 2.75) is 6.42 Å². The summed E-state index contributed by atoms with van der Waals surface area (Å²) in [5.41, 5.74) is 2.95. The Hall–Kier alpha value is -2.12. The molecule has 0 fully saturated rings. The van der Waals surface area contributed by atoms with Crippen molar-refractivity contribution < 1.29 is 14.7 Å². The highest BCUT2D eigenvalue weighted by atomic mass is 35.5. The van der Waals surface area contributed by atoms with E-state index in [1.165, 1.54) is 29.5 Å². The number of aromatic carboxylic acids is 1. The molecule has 0 saturated heterocycles. The molecule has 3 N–H and O–H groups in total. The maximum Gasteiger partial charge on any atom is 0.337 e. The maximum atomic E-state index is 11.7. The number of carbonyl (C=O) groups is 2. The third-order valence-electron chi connectivity index (χ3n) is 2.60. The number of hydrogen-bond donors (Lipinski definition) is 3. The summed E-state index contributed by atoms with van der Waals surface area (Å²) < 4.78 is 0. The quantitative estimate of drug-likeness (QED) is 0.788. The molecule has 0 saturated carbocycles. The van der Waals surface area contributed by atoms with Crippen molar-refractivity contribution in [3.8, 4) is 0 Å². The molecule has 2 aromatic rings. The Morgan fingerprint density at radius 1 is 1.38 bits per heavy atom. The molecule has 0 atom stereocenters. The minimum absolute atomic E-state index is 0.0584. The molecular weight excluding hydrogens is 314 g/mol. The highest BCUT2D eigenvalue weighted by Crippen LogP contribution is 2.20. The number of nitrogens with zero attached hydrogens (tertiary/aromatic N) is 1. The van der Waals surface area contributed by atoms with Crippen LogP contribution < -0.4 is 10.6 Å². The number of carboxylic acid groups (broad SMARTS) is 1.